The van der Waals surface area contributed by atoms with Gasteiger partial charge in [-0.15, -0.1) is 0 Å². The van der Waals surface area contributed by atoms with E-state index in [1.54, 1.807) is 35.5 Å². The number of likely N-dealkylation sites (tertiary alicyclic amines) is 1. The summed E-state index contributed by atoms with van der Waals surface area (Å²) < 4.78 is 1.98. The molecule has 164 valence electrons. The first-order valence-corrected chi connectivity index (χ1v) is 10.6. The van der Waals surface area contributed by atoms with Crippen LogP contribution in [0.1, 0.15) is 41.9 Å². The normalized spacial score (nSPS) is 16.4. The summed E-state index contributed by atoms with van der Waals surface area (Å²) in [6.07, 6.45) is 4.12. The number of amides is 2. The molecule has 2 amide bonds. The van der Waals surface area contributed by atoms with Crippen molar-refractivity contribution in [1.82, 2.24) is 30.0 Å². The van der Waals surface area contributed by atoms with Gasteiger partial charge in [0.15, 0.2) is 0 Å². The summed E-state index contributed by atoms with van der Waals surface area (Å²) in [4.78, 5) is 22.9. The molecule has 1 unspecified atom stereocenters. The molecule has 1 fully saturated rings. The fraction of sp³-hybridized carbons (Fsp3) is 0.304. The molecule has 10 nitrogen and oxygen atoms in total. The second-order valence-electron chi connectivity index (χ2n) is 8.55. The van der Waals surface area contributed by atoms with Crippen LogP contribution in [0.5, 0.6) is 0 Å². The number of nitriles is 2. The standard InChI is InChI=1S/C23H21N9O/c1-14(18-6-15(9-24)2-4-27-18)29-22(33)31-12-23(13-31)3-5-32-20(23)8-19(30-32)17-7-16(10-25)21(26)28-11-17/h2,4,6-8,11,14H,3,5,12-13H2,1H3,(H2,26,28)(H,29,33). The molecule has 2 aliphatic rings. The number of rotatable bonds is 3. The number of hydrogen-bond acceptors (Lipinski definition) is 7. The fourth-order valence-electron chi connectivity index (χ4n) is 4.56. The second kappa shape index (κ2) is 7.61. The van der Waals surface area contributed by atoms with E-state index in [0.29, 0.717) is 29.9 Å². The zero-order valence-corrected chi connectivity index (χ0v) is 18.0. The third kappa shape index (κ3) is 3.42. The summed E-state index contributed by atoms with van der Waals surface area (Å²) in [6.45, 7) is 3.83. The Morgan fingerprint density at radius 1 is 1.24 bits per heavy atom. The molecule has 3 aromatic heterocycles. The zero-order chi connectivity index (χ0) is 23.2. The van der Waals surface area contributed by atoms with Crippen molar-refractivity contribution in [2.75, 3.05) is 18.8 Å². The van der Waals surface area contributed by atoms with Crippen molar-refractivity contribution < 1.29 is 4.79 Å². The average molecular weight is 439 g/mol. The monoisotopic (exact) mass is 439 g/mol. The molecule has 5 rings (SSSR count). The van der Waals surface area contributed by atoms with E-state index >= 15 is 0 Å². The van der Waals surface area contributed by atoms with Gasteiger partial charge in [0, 0.05) is 48.7 Å². The maximum atomic E-state index is 12.8. The van der Waals surface area contributed by atoms with Crippen LogP contribution in [0.25, 0.3) is 11.3 Å². The van der Waals surface area contributed by atoms with Gasteiger partial charge in [0.1, 0.15) is 11.9 Å². The van der Waals surface area contributed by atoms with Gasteiger partial charge in [-0.1, -0.05) is 0 Å². The van der Waals surface area contributed by atoms with Crippen LogP contribution < -0.4 is 11.1 Å². The van der Waals surface area contributed by atoms with Crippen LogP contribution >= 0.6 is 0 Å². The lowest BCUT2D eigenvalue weighted by Gasteiger charge is -2.47. The number of aryl methyl sites for hydroxylation is 1. The Bertz CT molecular complexity index is 1340. The molecule has 0 aliphatic carbocycles. The van der Waals surface area contributed by atoms with Gasteiger partial charge in [-0.2, -0.15) is 15.6 Å². The molecule has 3 N–H and O–H groups in total. The number of nitrogens with zero attached hydrogens (tertiary/aromatic N) is 7. The number of hydrogen-bond donors (Lipinski definition) is 2. The number of pyridine rings is 2. The van der Waals surface area contributed by atoms with Crippen LogP contribution in [-0.4, -0.2) is 43.8 Å². The van der Waals surface area contributed by atoms with Gasteiger partial charge in [0.2, 0.25) is 0 Å². The van der Waals surface area contributed by atoms with Gasteiger partial charge in [0.05, 0.1) is 34.6 Å². The molecular weight excluding hydrogens is 418 g/mol. The summed E-state index contributed by atoms with van der Waals surface area (Å²) in [6, 6.07) is 10.7. The molecule has 0 aromatic carbocycles. The number of nitrogens with two attached hydrogens (primary N) is 1. The van der Waals surface area contributed by atoms with Gasteiger partial charge in [0.25, 0.3) is 0 Å². The predicted molar refractivity (Wildman–Crippen MR) is 118 cm³/mol. The lowest BCUT2D eigenvalue weighted by molar-refractivity contribution is 0.0905. The topological polar surface area (TPSA) is 150 Å². The Hall–Kier alpha value is -4.44. The van der Waals surface area contributed by atoms with E-state index in [2.05, 4.69) is 27.4 Å². The van der Waals surface area contributed by atoms with Crippen molar-refractivity contribution in [2.24, 2.45) is 0 Å². The van der Waals surface area contributed by atoms with Crippen LogP contribution in [0.3, 0.4) is 0 Å². The molecule has 3 aromatic rings. The van der Waals surface area contributed by atoms with Crippen LogP contribution in [0.2, 0.25) is 0 Å². The van der Waals surface area contributed by atoms with Crippen molar-refractivity contribution >= 4 is 11.8 Å². The largest absolute Gasteiger partial charge is 0.383 e. The minimum absolute atomic E-state index is 0.121. The molecule has 0 saturated carbocycles. The molecule has 33 heavy (non-hydrogen) atoms. The third-order valence-corrected chi connectivity index (χ3v) is 6.43. The third-order valence-electron chi connectivity index (χ3n) is 6.43. The van der Waals surface area contributed by atoms with Crippen LogP contribution in [0, 0.1) is 22.7 Å². The van der Waals surface area contributed by atoms with Gasteiger partial charge in [-0.25, -0.2) is 9.78 Å². The number of fused-ring (bicyclic) bond motifs is 2. The number of nitrogen functional groups attached to an aromatic ring is 1. The van der Waals surface area contributed by atoms with E-state index in [1.807, 2.05) is 17.7 Å². The summed E-state index contributed by atoms with van der Waals surface area (Å²) in [5.41, 5.74) is 9.67. The first kappa shape index (κ1) is 20.5. The lowest BCUT2D eigenvalue weighted by Crippen LogP contribution is -2.62. The number of anilines is 1. The van der Waals surface area contributed by atoms with Crippen LogP contribution in [-0.2, 0) is 12.0 Å². The van der Waals surface area contributed by atoms with Crippen molar-refractivity contribution in [3.63, 3.8) is 0 Å². The molecule has 10 heteroatoms. The first-order valence-electron chi connectivity index (χ1n) is 10.6. The molecule has 1 atom stereocenters. The molecular formula is C23H21N9O. The highest BCUT2D eigenvalue weighted by Crippen LogP contribution is 2.44. The zero-order valence-electron chi connectivity index (χ0n) is 18.0. The van der Waals surface area contributed by atoms with E-state index in [-0.39, 0.29) is 23.3 Å². The van der Waals surface area contributed by atoms with E-state index in [9.17, 15) is 10.1 Å². The molecule has 1 spiro atoms. The Kier molecular flexibility index (Phi) is 4.72. The second-order valence-corrected chi connectivity index (χ2v) is 8.55. The van der Waals surface area contributed by atoms with Crippen molar-refractivity contribution in [3.8, 4) is 23.4 Å². The highest BCUT2D eigenvalue weighted by Gasteiger charge is 2.51. The molecule has 2 aliphatic heterocycles. The molecule has 5 heterocycles. The molecule has 1 saturated heterocycles. The van der Waals surface area contributed by atoms with Crippen molar-refractivity contribution in [1.29, 1.82) is 10.5 Å². The average Bonchev–Trinajstić information content (AvgIpc) is 3.38. The first-order chi connectivity index (χ1) is 15.9. The number of carbonyl (C=O) groups is 1. The summed E-state index contributed by atoms with van der Waals surface area (Å²) in [7, 11) is 0. The number of nitrogens with one attached hydrogen (secondary N) is 1. The Balaban J connectivity index is 1.28. The quantitative estimate of drug-likeness (QED) is 0.634. The number of aromatic nitrogens is 4. The van der Waals surface area contributed by atoms with Crippen LogP contribution in [0.15, 0.2) is 36.7 Å². The van der Waals surface area contributed by atoms with Gasteiger partial charge in [-0.05, 0) is 37.6 Å². The van der Waals surface area contributed by atoms with Crippen molar-refractivity contribution in [3.05, 3.63) is 59.2 Å². The van der Waals surface area contributed by atoms with Gasteiger partial charge < -0.3 is 16.0 Å². The lowest BCUT2D eigenvalue weighted by atomic mass is 9.76. The number of carbonyl (C=O) groups excluding carboxylic acids is 1. The number of urea groups is 1. The Morgan fingerprint density at radius 2 is 2.06 bits per heavy atom. The maximum absolute atomic E-state index is 12.8. The van der Waals surface area contributed by atoms with E-state index in [4.69, 9.17) is 16.1 Å². The summed E-state index contributed by atoms with van der Waals surface area (Å²) in [5.74, 6) is 0.203. The SMILES string of the molecule is CC(NC(=O)N1CC2(CCn3nc(-c4cnc(N)c(C#N)c4)cc32)C1)c1cc(C#N)ccn1. The minimum Gasteiger partial charge on any atom is -0.383 e. The maximum Gasteiger partial charge on any atom is 0.317 e. The summed E-state index contributed by atoms with van der Waals surface area (Å²) in [5, 5.41) is 26.0. The minimum atomic E-state index is -0.310. The van der Waals surface area contributed by atoms with Crippen molar-refractivity contribution in [2.45, 2.75) is 31.3 Å². The van der Waals surface area contributed by atoms with Crippen LogP contribution in [0.4, 0.5) is 10.6 Å². The van der Waals surface area contributed by atoms with E-state index in [1.165, 1.54) is 0 Å². The van der Waals surface area contributed by atoms with E-state index < -0.39 is 0 Å². The Labute approximate surface area is 190 Å². The molecule has 0 bridgehead atoms. The Morgan fingerprint density at radius 3 is 2.82 bits per heavy atom. The van der Waals surface area contributed by atoms with E-state index in [0.717, 1.165) is 29.9 Å². The van der Waals surface area contributed by atoms with Gasteiger partial charge >= 0.3 is 6.03 Å². The highest BCUT2D eigenvalue weighted by atomic mass is 16.2. The smallest absolute Gasteiger partial charge is 0.317 e. The predicted octanol–water partition coefficient (Wildman–Crippen LogP) is 2.09. The van der Waals surface area contributed by atoms with Gasteiger partial charge in [-0.3, -0.25) is 9.67 Å². The fourth-order valence-corrected chi connectivity index (χ4v) is 4.56. The highest BCUT2D eigenvalue weighted by molar-refractivity contribution is 5.76. The molecule has 0 radical (unpaired) electrons. The summed E-state index contributed by atoms with van der Waals surface area (Å²) >= 11 is 0.